The van der Waals surface area contributed by atoms with E-state index in [1.165, 1.54) is 0 Å². The van der Waals surface area contributed by atoms with Crippen LogP contribution >= 0.6 is 11.3 Å². The molecule has 2 aromatic carbocycles. The maximum Gasteiger partial charge on any atom is 0.243 e. The molecule has 1 N–H and O–H groups in total. The number of fused-ring (bicyclic) bond motifs is 1. The third-order valence-electron chi connectivity index (χ3n) is 4.69. The molecule has 4 rings (SSSR count). The van der Waals surface area contributed by atoms with Gasteiger partial charge < -0.3 is 10.2 Å². The number of thiazole rings is 1. The van der Waals surface area contributed by atoms with Crippen LogP contribution in [0.25, 0.3) is 20.8 Å². The number of rotatable bonds is 4. The molecule has 1 aliphatic rings. The number of benzene rings is 2. The summed E-state index contributed by atoms with van der Waals surface area (Å²) in [6.07, 6.45) is 3.47. The van der Waals surface area contributed by atoms with Gasteiger partial charge in [-0.1, -0.05) is 30.7 Å². The normalized spacial score (nSPS) is 15.0. The zero-order valence-electron chi connectivity index (χ0n) is 15.0. The van der Waals surface area contributed by atoms with Crippen LogP contribution in [0.5, 0.6) is 0 Å². The van der Waals surface area contributed by atoms with Crippen LogP contribution in [0.2, 0.25) is 0 Å². The largest absolute Gasteiger partial charge is 0.333 e. The van der Waals surface area contributed by atoms with E-state index in [1.54, 1.807) is 16.2 Å². The standard InChI is InChI=1S/C21H21N3O2S/c25-19(14-24-12-5-1-2-11-20(24)26)22-16-8-6-7-15(13-16)21-23-17-9-3-4-10-18(17)27-21/h3-4,6-10,13H,1-2,5,11-12,14H2,(H,22,25). The van der Waals surface area contributed by atoms with Crippen molar-refractivity contribution in [2.45, 2.75) is 25.7 Å². The van der Waals surface area contributed by atoms with Gasteiger partial charge >= 0.3 is 0 Å². The predicted octanol–water partition coefficient (Wildman–Crippen LogP) is 4.30. The van der Waals surface area contributed by atoms with Crippen LogP contribution in [0.4, 0.5) is 5.69 Å². The van der Waals surface area contributed by atoms with Gasteiger partial charge in [-0.3, -0.25) is 9.59 Å². The van der Waals surface area contributed by atoms with Crippen molar-refractivity contribution in [1.29, 1.82) is 0 Å². The van der Waals surface area contributed by atoms with Gasteiger partial charge in [0.2, 0.25) is 11.8 Å². The molecule has 0 atom stereocenters. The SMILES string of the molecule is O=C(CN1CCCCCC1=O)Nc1cccc(-c2nc3ccccc3s2)c1. The van der Waals surface area contributed by atoms with Crippen LogP contribution < -0.4 is 5.32 Å². The number of para-hydroxylation sites is 1. The number of hydrogen-bond donors (Lipinski definition) is 1. The van der Waals surface area contributed by atoms with E-state index in [0.717, 1.165) is 45.7 Å². The first-order valence-electron chi connectivity index (χ1n) is 9.23. The van der Waals surface area contributed by atoms with Gasteiger partial charge in [0.25, 0.3) is 0 Å². The summed E-state index contributed by atoms with van der Waals surface area (Å²) in [5, 5.41) is 3.84. The number of hydrogen-bond acceptors (Lipinski definition) is 4. The summed E-state index contributed by atoms with van der Waals surface area (Å²) in [6.45, 7) is 0.780. The van der Waals surface area contributed by atoms with E-state index >= 15 is 0 Å². The molecule has 0 saturated carbocycles. The molecule has 6 heteroatoms. The summed E-state index contributed by atoms with van der Waals surface area (Å²) < 4.78 is 1.14. The third kappa shape index (κ3) is 4.17. The molecule has 5 nitrogen and oxygen atoms in total. The van der Waals surface area contributed by atoms with Gasteiger partial charge in [0.1, 0.15) is 5.01 Å². The maximum atomic E-state index is 12.4. The smallest absolute Gasteiger partial charge is 0.243 e. The molecule has 1 fully saturated rings. The van der Waals surface area contributed by atoms with E-state index in [1.807, 2.05) is 42.5 Å². The fraction of sp³-hybridized carbons (Fsp3) is 0.286. The molecule has 138 valence electrons. The van der Waals surface area contributed by atoms with E-state index in [0.29, 0.717) is 13.0 Å². The number of carbonyl (C=O) groups is 2. The third-order valence-corrected chi connectivity index (χ3v) is 5.78. The first-order valence-corrected chi connectivity index (χ1v) is 10.0. The van der Waals surface area contributed by atoms with Crippen molar-refractivity contribution in [1.82, 2.24) is 9.88 Å². The predicted molar refractivity (Wildman–Crippen MR) is 109 cm³/mol. The summed E-state index contributed by atoms with van der Waals surface area (Å²) in [4.78, 5) is 30.8. The monoisotopic (exact) mass is 379 g/mol. The maximum absolute atomic E-state index is 12.4. The Bertz CT molecular complexity index is 949. The van der Waals surface area contributed by atoms with Crippen LogP contribution in [0.3, 0.4) is 0 Å². The Morgan fingerprint density at radius 1 is 1.11 bits per heavy atom. The van der Waals surface area contributed by atoms with Gasteiger partial charge in [0.05, 0.1) is 16.8 Å². The average molecular weight is 379 g/mol. The topological polar surface area (TPSA) is 62.3 Å². The molecule has 27 heavy (non-hydrogen) atoms. The Morgan fingerprint density at radius 2 is 2.00 bits per heavy atom. The Kier molecular flexibility index (Phi) is 5.16. The van der Waals surface area contributed by atoms with E-state index in [9.17, 15) is 9.59 Å². The molecule has 3 aromatic rings. The van der Waals surface area contributed by atoms with Gasteiger partial charge in [0.15, 0.2) is 0 Å². The van der Waals surface area contributed by atoms with Crippen molar-refractivity contribution in [3.63, 3.8) is 0 Å². The second-order valence-electron chi connectivity index (χ2n) is 6.74. The Hall–Kier alpha value is -2.73. The van der Waals surface area contributed by atoms with E-state index < -0.39 is 0 Å². The van der Waals surface area contributed by atoms with Gasteiger partial charge in [-0.05, 0) is 37.1 Å². The van der Waals surface area contributed by atoms with Crippen LogP contribution in [-0.2, 0) is 9.59 Å². The minimum atomic E-state index is -0.160. The Balaban J connectivity index is 1.47. The molecule has 0 bridgehead atoms. The van der Waals surface area contributed by atoms with Crippen molar-refractivity contribution in [3.05, 3.63) is 48.5 Å². The first-order chi connectivity index (χ1) is 13.2. The highest BCUT2D eigenvalue weighted by Gasteiger charge is 2.19. The highest BCUT2D eigenvalue weighted by Crippen LogP contribution is 2.31. The second-order valence-corrected chi connectivity index (χ2v) is 7.77. The quantitative estimate of drug-likeness (QED) is 0.735. The lowest BCUT2D eigenvalue weighted by Crippen LogP contribution is -2.37. The summed E-state index contributed by atoms with van der Waals surface area (Å²) in [5.74, 6) is -0.0856. The van der Waals surface area contributed by atoms with Crippen LogP contribution in [0.1, 0.15) is 25.7 Å². The number of carbonyl (C=O) groups excluding carboxylic acids is 2. The highest BCUT2D eigenvalue weighted by atomic mass is 32.1. The summed E-state index contributed by atoms with van der Waals surface area (Å²) in [7, 11) is 0. The summed E-state index contributed by atoms with van der Waals surface area (Å²) in [5.41, 5.74) is 2.67. The summed E-state index contributed by atoms with van der Waals surface area (Å²) >= 11 is 1.63. The molecular weight excluding hydrogens is 358 g/mol. The average Bonchev–Trinajstić information content (AvgIpc) is 3.01. The van der Waals surface area contributed by atoms with Gasteiger partial charge in [-0.15, -0.1) is 11.3 Å². The number of anilines is 1. The molecule has 1 aromatic heterocycles. The molecule has 2 amide bonds. The molecular formula is C21H21N3O2S. The number of nitrogens with zero attached hydrogens (tertiary/aromatic N) is 2. The molecule has 0 aliphatic carbocycles. The first kappa shape index (κ1) is 17.7. The van der Waals surface area contributed by atoms with E-state index in [-0.39, 0.29) is 18.4 Å². The highest BCUT2D eigenvalue weighted by molar-refractivity contribution is 7.21. The zero-order chi connectivity index (χ0) is 18.6. The molecule has 1 saturated heterocycles. The van der Waals surface area contributed by atoms with Crippen molar-refractivity contribution in [2.75, 3.05) is 18.4 Å². The van der Waals surface area contributed by atoms with Crippen molar-refractivity contribution < 1.29 is 9.59 Å². The lowest BCUT2D eigenvalue weighted by molar-refractivity contribution is -0.134. The Labute approximate surface area is 162 Å². The van der Waals surface area contributed by atoms with Crippen LogP contribution in [-0.4, -0.2) is 34.8 Å². The number of amides is 2. The van der Waals surface area contributed by atoms with Crippen LogP contribution in [0.15, 0.2) is 48.5 Å². The second kappa shape index (κ2) is 7.88. The van der Waals surface area contributed by atoms with Gasteiger partial charge in [-0.2, -0.15) is 0 Å². The van der Waals surface area contributed by atoms with E-state index in [4.69, 9.17) is 0 Å². The molecule has 0 radical (unpaired) electrons. The van der Waals surface area contributed by atoms with Crippen LogP contribution in [0, 0.1) is 0 Å². The zero-order valence-corrected chi connectivity index (χ0v) is 15.8. The van der Waals surface area contributed by atoms with E-state index in [2.05, 4.69) is 16.4 Å². The van der Waals surface area contributed by atoms with Crippen molar-refractivity contribution >= 4 is 39.1 Å². The van der Waals surface area contributed by atoms with Crippen molar-refractivity contribution in [3.8, 4) is 10.6 Å². The lowest BCUT2D eigenvalue weighted by atomic mass is 10.2. The minimum absolute atomic E-state index is 0.0749. The van der Waals surface area contributed by atoms with Crippen molar-refractivity contribution in [2.24, 2.45) is 0 Å². The number of likely N-dealkylation sites (tertiary alicyclic amines) is 1. The molecule has 0 spiro atoms. The van der Waals surface area contributed by atoms with Gasteiger partial charge in [0, 0.05) is 24.2 Å². The minimum Gasteiger partial charge on any atom is -0.333 e. The Morgan fingerprint density at radius 3 is 2.89 bits per heavy atom. The van der Waals surface area contributed by atoms with Gasteiger partial charge in [-0.25, -0.2) is 4.98 Å². The number of nitrogens with one attached hydrogen (secondary N) is 1. The molecule has 0 unspecified atom stereocenters. The molecule has 1 aliphatic heterocycles. The lowest BCUT2D eigenvalue weighted by Gasteiger charge is -2.19. The summed E-state index contributed by atoms with van der Waals surface area (Å²) in [6, 6.07) is 15.7. The molecule has 2 heterocycles. The fourth-order valence-corrected chi connectivity index (χ4v) is 4.27. The fourth-order valence-electron chi connectivity index (χ4n) is 3.31. The number of aromatic nitrogens is 1.